The van der Waals surface area contributed by atoms with Gasteiger partial charge < -0.3 is 10.5 Å². The van der Waals surface area contributed by atoms with Crippen LogP contribution in [0.25, 0.3) is 0 Å². The van der Waals surface area contributed by atoms with Gasteiger partial charge in [-0.1, -0.05) is 0 Å². The second kappa shape index (κ2) is 5.86. The van der Waals surface area contributed by atoms with Crippen LogP contribution in [0, 0.1) is 11.8 Å². The Hall–Kier alpha value is -0.170. The summed E-state index contributed by atoms with van der Waals surface area (Å²) in [6.45, 7) is 2.89. The molecule has 0 aromatic rings. The van der Waals surface area contributed by atoms with Crippen LogP contribution >= 0.6 is 0 Å². The van der Waals surface area contributed by atoms with Gasteiger partial charge in [-0.15, -0.1) is 0 Å². The van der Waals surface area contributed by atoms with Gasteiger partial charge in [-0.05, 0) is 37.5 Å². The third kappa shape index (κ3) is 3.66. The number of hydrogen-bond acceptors (Lipinski definition) is 4. The summed E-state index contributed by atoms with van der Waals surface area (Å²) >= 11 is 0. The predicted molar refractivity (Wildman–Crippen MR) is 70.7 cm³/mol. The van der Waals surface area contributed by atoms with Gasteiger partial charge in [0.05, 0.1) is 12.9 Å². The molecule has 0 aromatic heterocycles. The molecule has 0 aromatic carbocycles. The lowest BCUT2D eigenvalue weighted by Gasteiger charge is -2.33. The van der Waals surface area contributed by atoms with Crippen molar-refractivity contribution in [2.75, 3.05) is 32.6 Å². The number of nitrogens with two attached hydrogens (primary N) is 1. The number of ether oxygens (including phenoxy) is 1. The van der Waals surface area contributed by atoms with Crippen molar-refractivity contribution in [2.24, 2.45) is 17.6 Å². The monoisotopic (exact) mass is 276 g/mol. The largest absolute Gasteiger partial charge is 0.381 e. The molecule has 2 heterocycles. The van der Waals surface area contributed by atoms with Crippen molar-refractivity contribution in [3.63, 3.8) is 0 Å². The minimum absolute atomic E-state index is 0.150. The van der Waals surface area contributed by atoms with Gasteiger partial charge in [0, 0.05) is 25.7 Å². The van der Waals surface area contributed by atoms with E-state index < -0.39 is 10.0 Å². The van der Waals surface area contributed by atoms with Crippen LogP contribution in [0.1, 0.15) is 25.7 Å². The van der Waals surface area contributed by atoms with Gasteiger partial charge in [0.25, 0.3) is 0 Å². The number of rotatable bonds is 4. The van der Waals surface area contributed by atoms with E-state index in [9.17, 15) is 8.42 Å². The summed E-state index contributed by atoms with van der Waals surface area (Å²) in [5.74, 6) is 0.864. The number of sulfonamides is 1. The first-order valence-corrected chi connectivity index (χ1v) is 8.60. The topological polar surface area (TPSA) is 72.6 Å². The summed E-state index contributed by atoms with van der Waals surface area (Å²) in [4.78, 5) is 0. The van der Waals surface area contributed by atoms with E-state index in [0.717, 1.165) is 38.9 Å². The molecule has 18 heavy (non-hydrogen) atoms. The maximum absolute atomic E-state index is 11.5. The Labute approximate surface area is 110 Å². The molecule has 0 aliphatic carbocycles. The molecular formula is C12H24N2O3S. The van der Waals surface area contributed by atoms with Gasteiger partial charge >= 0.3 is 0 Å². The fourth-order valence-corrected chi connectivity index (χ4v) is 3.93. The highest BCUT2D eigenvalue weighted by Crippen LogP contribution is 2.26. The van der Waals surface area contributed by atoms with Crippen LogP contribution in [0.4, 0.5) is 0 Å². The lowest BCUT2D eigenvalue weighted by Crippen LogP contribution is -2.42. The third-order valence-electron chi connectivity index (χ3n) is 4.13. The summed E-state index contributed by atoms with van der Waals surface area (Å²) in [5, 5.41) is 0. The van der Waals surface area contributed by atoms with E-state index >= 15 is 0 Å². The first-order chi connectivity index (χ1) is 8.47. The number of hydrogen-bond donors (Lipinski definition) is 1. The Morgan fingerprint density at radius 3 is 2.83 bits per heavy atom. The minimum Gasteiger partial charge on any atom is -0.381 e. The predicted octanol–water partition coefficient (Wildman–Crippen LogP) is 0.412. The van der Waals surface area contributed by atoms with Crippen LogP contribution < -0.4 is 5.73 Å². The van der Waals surface area contributed by atoms with Gasteiger partial charge in [-0.25, -0.2) is 12.7 Å². The lowest BCUT2D eigenvalue weighted by atomic mass is 9.87. The number of nitrogens with zero attached hydrogens (tertiary/aromatic N) is 1. The van der Waals surface area contributed by atoms with E-state index in [1.165, 1.54) is 6.26 Å². The molecule has 0 amide bonds. The Bertz CT molecular complexity index is 366. The quantitative estimate of drug-likeness (QED) is 0.807. The molecular weight excluding hydrogens is 252 g/mol. The smallest absolute Gasteiger partial charge is 0.211 e. The molecule has 0 spiro atoms. The van der Waals surface area contributed by atoms with Crippen LogP contribution in [-0.4, -0.2) is 51.3 Å². The van der Waals surface area contributed by atoms with Gasteiger partial charge in [0.2, 0.25) is 10.0 Å². The summed E-state index contributed by atoms with van der Waals surface area (Å²) in [5.41, 5.74) is 6.22. The van der Waals surface area contributed by atoms with Gasteiger partial charge in [0.1, 0.15) is 0 Å². The van der Waals surface area contributed by atoms with Crippen molar-refractivity contribution >= 4 is 10.0 Å². The number of piperidine rings is 1. The van der Waals surface area contributed by atoms with Crippen molar-refractivity contribution in [3.05, 3.63) is 0 Å². The Kier molecular flexibility index (Phi) is 4.64. The van der Waals surface area contributed by atoms with E-state index in [0.29, 0.717) is 24.9 Å². The normalized spacial score (nSPS) is 32.6. The first-order valence-electron chi connectivity index (χ1n) is 6.75. The molecule has 0 bridgehead atoms. The average molecular weight is 276 g/mol. The lowest BCUT2D eigenvalue weighted by molar-refractivity contribution is 0.172. The van der Waals surface area contributed by atoms with Crippen LogP contribution in [0.3, 0.4) is 0 Å². The van der Waals surface area contributed by atoms with E-state index in [-0.39, 0.29) is 6.04 Å². The second-order valence-electron chi connectivity index (χ2n) is 5.65. The fraction of sp³-hybridized carbons (Fsp3) is 1.00. The van der Waals surface area contributed by atoms with E-state index in [1.54, 1.807) is 4.31 Å². The molecule has 3 atom stereocenters. The molecule has 2 saturated heterocycles. The Balaban J connectivity index is 1.85. The van der Waals surface area contributed by atoms with Crippen molar-refractivity contribution in [2.45, 2.75) is 31.7 Å². The zero-order chi connectivity index (χ0) is 13.2. The van der Waals surface area contributed by atoms with Crippen LogP contribution in [0.5, 0.6) is 0 Å². The van der Waals surface area contributed by atoms with Crippen LogP contribution in [-0.2, 0) is 14.8 Å². The molecule has 5 nitrogen and oxygen atoms in total. The molecule has 2 fully saturated rings. The Morgan fingerprint density at radius 2 is 2.22 bits per heavy atom. The molecule has 2 aliphatic heterocycles. The summed E-state index contributed by atoms with van der Waals surface area (Å²) in [6, 6.07) is 0.150. The molecule has 2 N–H and O–H groups in total. The molecule has 2 rings (SSSR count). The maximum Gasteiger partial charge on any atom is 0.211 e. The fourth-order valence-electron chi connectivity index (χ4n) is 2.99. The molecule has 2 aliphatic rings. The molecule has 0 saturated carbocycles. The first kappa shape index (κ1) is 14.2. The standard InChI is InChI=1S/C12H24N2O3S/c1-18(15,16)14-5-2-3-10(8-14)7-12(13)11-4-6-17-9-11/h10-12H,2-9,13H2,1H3. The van der Waals surface area contributed by atoms with Crippen molar-refractivity contribution < 1.29 is 13.2 Å². The highest BCUT2D eigenvalue weighted by atomic mass is 32.2. The minimum atomic E-state index is -3.05. The Morgan fingerprint density at radius 1 is 1.44 bits per heavy atom. The highest BCUT2D eigenvalue weighted by Gasteiger charge is 2.30. The summed E-state index contributed by atoms with van der Waals surface area (Å²) in [7, 11) is -3.05. The maximum atomic E-state index is 11.5. The van der Waals surface area contributed by atoms with Crippen molar-refractivity contribution in [1.82, 2.24) is 4.31 Å². The van der Waals surface area contributed by atoms with Gasteiger partial charge in [0.15, 0.2) is 0 Å². The summed E-state index contributed by atoms with van der Waals surface area (Å²) < 4.78 is 30.0. The molecule has 106 valence electrons. The summed E-state index contributed by atoms with van der Waals surface area (Å²) in [6.07, 6.45) is 5.29. The molecule has 6 heteroatoms. The third-order valence-corrected chi connectivity index (χ3v) is 5.40. The highest BCUT2D eigenvalue weighted by molar-refractivity contribution is 7.88. The molecule has 0 radical (unpaired) electrons. The van der Waals surface area contributed by atoms with Crippen LogP contribution in [0.15, 0.2) is 0 Å². The van der Waals surface area contributed by atoms with Crippen molar-refractivity contribution in [1.29, 1.82) is 0 Å². The second-order valence-corrected chi connectivity index (χ2v) is 7.63. The van der Waals surface area contributed by atoms with E-state index in [2.05, 4.69) is 0 Å². The zero-order valence-electron chi connectivity index (χ0n) is 11.0. The van der Waals surface area contributed by atoms with Gasteiger partial charge in [-0.3, -0.25) is 0 Å². The van der Waals surface area contributed by atoms with E-state index in [4.69, 9.17) is 10.5 Å². The van der Waals surface area contributed by atoms with Crippen LogP contribution in [0.2, 0.25) is 0 Å². The van der Waals surface area contributed by atoms with Crippen molar-refractivity contribution in [3.8, 4) is 0 Å². The molecule has 3 unspecified atom stereocenters. The zero-order valence-corrected chi connectivity index (χ0v) is 11.9. The SMILES string of the molecule is CS(=O)(=O)N1CCCC(CC(N)C2CCOC2)C1. The average Bonchev–Trinajstić information content (AvgIpc) is 2.81. The van der Waals surface area contributed by atoms with E-state index in [1.807, 2.05) is 0 Å². The van der Waals surface area contributed by atoms with Gasteiger partial charge in [-0.2, -0.15) is 0 Å².